The monoisotopic (exact) mass is 558 g/mol. The lowest BCUT2D eigenvalue weighted by Gasteiger charge is -2.21. The Morgan fingerprint density at radius 3 is 1.54 bits per heavy atom. The van der Waals surface area contributed by atoms with Crippen molar-refractivity contribution in [3.05, 3.63) is 92.9 Å². The number of hydrogen-bond acceptors (Lipinski definition) is 6. The molecule has 0 N–H and O–H groups in total. The van der Waals surface area contributed by atoms with E-state index >= 15 is 0 Å². The van der Waals surface area contributed by atoms with Crippen LogP contribution in [-0.2, 0) is 0 Å². The van der Waals surface area contributed by atoms with Crippen molar-refractivity contribution in [3.63, 3.8) is 0 Å². The molecule has 6 nitrogen and oxygen atoms in total. The zero-order valence-electron chi connectivity index (χ0n) is 19.8. The van der Waals surface area contributed by atoms with Gasteiger partial charge in [-0.1, -0.05) is 59.1 Å². The normalized spacial score (nSPS) is 10.7. The van der Waals surface area contributed by atoms with Crippen LogP contribution in [0.3, 0.4) is 0 Å². The molecule has 0 heterocycles. The first kappa shape index (κ1) is 26.6. The molecular weight excluding hydrogens is 539 g/mol. The fourth-order valence-corrected chi connectivity index (χ4v) is 4.25. The number of hydrogen-bond donors (Lipinski definition) is 0. The van der Waals surface area contributed by atoms with Crippen molar-refractivity contribution in [3.8, 4) is 23.0 Å². The summed E-state index contributed by atoms with van der Waals surface area (Å²) < 4.78 is 23.5. The number of ether oxygens (including phenoxy) is 4. The van der Waals surface area contributed by atoms with Gasteiger partial charge in [0.15, 0.2) is 11.5 Å². The second kappa shape index (κ2) is 11.7. The van der Waals surface area contributed by atoms with Crippen LogP contribution in [0.1, 0.15) is 34.6 Å². The molecule has 0 amide bonds. The first-order valence-electron chi connectivity index (χ1n) is 11.3. The van der Waals surface area contributed by atoms with Crippen LogP contribution in [0.2, 0.25) is 15.1 Å². The maximum absolute atomic E-state index is 13.1. The maximum Gasteiger partial charge on any atom is 0.345 e. The lowest BCUT2D eigenvalue weighted by molar-refractivity contribution is 0.0712. The second-order valence-corrected chi connectivity index (χ2v) is 8.86. The van der Waals surface area contributed by atoms with E-state index < -0.39 is 11.9 Å². The molecule has 190 valence electrons. The average Bonchev–Trinajstić information content (AvgIpc) is 2.88. The molecule has 0 saturated carbocycles. The standard InChI is InChI=1S/C28H21Cl3O6/c1-3-34-25-23(36-27(32)18-9-5-7-11-21(18)30)17-14-13-16(29)15-20(17)24(26(25)35-4-2)37-28(33)19-10-6-8-12-22(19)31/h5-15H,3-4H2,1-2H3. The molecule has 0 aromatic heterocycles. The SMILES string of the molecule is CCOc1c(OCC)c(OC(=O)c2ccccc2Cl)c2cc(Cl)ccc2c1OC(=O)c1ccccc1Cl. The van der Waals surface area contributed by atoms with E-state index in [-0.39, 0.29) is 57.4 Å². The van der Waals surface area contributed by atoms with Crippen molar-refractivity contribution in [2.75, 3.05) is 13.2 Å². The summed E-state index contributed by atoms with van der Waals surface area (Å²) in [7, 11) is 0. The van der Waals surface area contributed by atoms with Crippen LogP contribution >= 0.6 is 34.8 Å². The predicted octanol–water partition coefficient (Wildman–Crippen LogP) is 8.04. The van der Waals surface area contributed by atoms with Gasteiger partial charge in [0.2, 0.25) is 11.5 Å². The minimum atomic E-state index is -0.712. The number of carbonyl (C=O) groups excluding carboxylic acids is 2. The van der Waals surface area contributed by atoms with E-state index in [4.69, 9.17) is 53.8 Å². The van der Waals surface area contributed by atoms with E-state index in [2.05, 4.69) is 0 Å². The molecule has 4 aromatic carbocycles. The van der Waals surface area contributed by atoms with Gasteiger partial charge < -0.3 is 18.9 Å². The summed E-state index contributed by atoms with van der Waals surface area (Å²) in [5, 5.41) is 1.58. The fraction of sp³-hybridized carbons (Fsp3) is 0.143. The minimum Gasteiger partial charge on any atom is -0.487 e. The Bertz CT molecular complexity index is 1480. The third-order valence-corrected chi connectivity index (χ3v) is 6.14. The lowest BCUT2D eigenvalue weighted by atomic mass is 10.1. The van der Waals surface area contributed by atoms with Gasteiger partial charge in [0.25, 0.3) is 0 Å². The van der Waals surface area contributed by atoms with Crippen molar-refractivity contribution in [1.29, 1.82) is 0 Å². The van der Waals surface area contributed by atoms with E-state index in [1.807, 2.05) is 0 Å². The largest absolute Gasteiger partial charge is 0.487 e. The molecular formula is C28H21Cl3O6. The molecule has 4 aromatic rings. The van der Waals surface area contributed by atoms with Crippen molar-refractivity contribution in [1.82, 2.24) is 0 Å². The van der Waals surface area contributed by atoms with Crippen LogP contribution in [0.25, 0.3) is 10.8 Å². The highest BCUT2D eigenvalue weighted by Crippen LogP contribution is 2.52. The number of carbonyl (C=O) groups is 2. The molecule has 4 rings (SSSR count). The molecule has 0 unspecified atom stereocenters. The first-order chi connectivity index (χ1) is 17.8. The Kier molecular flexibility index (Phi) is 8.44. The van der Waals surface area contributed by atoms with E-state index in [1.165, 1.54) is 0 Å². The van der Waals surface area contributed by atoms with Gasteiger partial charge in [0.05, 0.1) is 34.4 Å². The first-order valence-corrected chi connectivity index (χ1v) is 12.5. The molecule has 9 heteroatoms. The quantitative estimate of drug-likeness (QED) is 0.161. The van der Waals surface area contributed by atoms with E-state index in [0.29, 0.717) is 15.8 Å². The number of rotatable bonds is 8. The van der Waals surface area contributed by atoms with Crippen LogP contribution in [0, 0.1) is 0 Å². The molecule has 0 saturated heterocycles. The molecule has 0 aliphatic rings. The fourth-order valence-electron chi connectivity index (χ4n) is 3.66. The zero-order chi connectivity index (χ0) is 26.5. The Hall–Kier alpha value is -3.45. The summed E-state index contributed by atoms with van der Waals surface area (Å²) in [6.07, 6.45) is 0. The van der Waals surface area contributed by atoms with Gasteiger partial charge in [-0.3, -0.25) is 0 Å². The number of esters is 2. The van der Waals surface area contributed by atoms with E-state index in [9.17, 15) is 9.59 Å². The summed E-state index contributed by atoms with van der Waals surface area (Å²) in [5.41, 5.74) is 0.329. The smallest absolute Gasteiger partial charge is 0.345 e. The molecule has 0 spiro atoms. The molecule has 0 fully saturated rings. The molecule has 0 aliphatic carbocycles. The van der Waals surface area contributed by atoms with E-state index in [1.54, 1.807) is 80.6 Å². The molecule has 37 heavy (non-hydrogen) atoms. The van der Waals surface area contributed by atoms with Crippen molar-refractivity contribution in [2.24, 2.45) is 0 Å². The minimum absolute atomic E-state index is 0.0465. The van der Waals surface area contributed by atoms with Crippen LogP contribution in [0.5, 0.6) is 23.0 Å². The summed E-state index contributed by atoms with van der Waals surface area (Å²) >= 11 is 18.8. The van der Waals surface area contributed by atoms with Crippen molar-refractivity contribution in [2.45, 2.75) is 13.8 Å². The maximum atomic E-state index is 13.1. The van der Waals surface area contributed by atoms with Gasteiger partial charge >= 0.3 is 11.9 Å². The van der Waals surface area contributed by atoms with Gasteiger partial charge in [-0.15, -0.1) is 0 Å². The lowest BCUT2D eigenvalue weighted by Crippen LogP contribution is -2.14. The zero-order valence-corrected chi connectivity index (χ0v) is 22.1. The Labute approximate surface area is 228 Å². The van der Waals surface area contributed by atoms with Crippen LogP contribution in [-0.4, -0.2) is 25.2 Å². The molecule has 0 aliphatic heterocycles. The van der Waals surface area contributed by atoms with Gasteiger partial charge in [-0.25, -0.2) is 9.59 Å². The Morgan fingerprint density at radius 2 is 1.08 bits per heavy atom. The van der Waals surface area contributed by atoms with Crippen LogP contribution in [0.15, 0.2) is 66.7 Å². The molecule has 0 bridgehead atoms. The highest BCUT2D eigenvalue weighted by molar-refractivity contribution is 6.34. The van der Waals surface area contributed by atoms with Gasteiger partial charge in [-0.05, 0) is 56.3 Å². The summed E-state index contributed by atoms with van der Waals surface area (Å²) in [5.74, 6) is -1.14. The average molecular weight is 560 g/mol. The van der Waals surface area contributed by atoms with Crippen LogP contribution in [0.4, 0.5) is 0 Å². The second-order valence-electron chi connectivity index (χ2n) is 7.61. The van der Waals surface area contributed by atoms with Gasteiger partial charge in [0.1, 0.15) is 0 Å². The van der Waals surface area contributed by atoms with E-state index in [0.717, 1.165) is 0 Å². The summed E-state index contributed by atoms with van der Waals surface area (Å²) in [4.78, 5) is 26.3. The van der Waals surface area contributed by atoms with Crippen molar-refractivity contribution >= 4 is 57.5 Å². The third-order valence-electron chi connectivity index (χ3n) is 5.24. The summed E-state index contributed by atoms with van der Waals surface area (Å²) in [6, 6.07) is 17.9. The van der Waals surface area contributed by atoms with Gasteiger partial charge in [0, 0.05) is 15.8 Å². The summed E-state index contributed by atoms with van der Waals surface area (Å²) in [6.45, 7) is 3.91. The topological polar surface area (TPSA) is 71.1 Å². The number of benzene rings is 4. The number of fused-ring (bicyclic) bond motifs is 1. The highest BCUT2D eigenvalue weighted by Gasteiger charge is 2.29. The highest BCUT2D eigenvalue weighted by atomic mass is 35.5. The Balaban J connectivity index is 1.94. The molecule has 0 radical (unpaired) electrons. The molecule has 0 atom stereocenters. The Morgan fingerprint density at radius 1 is 0.622 bits per heavy atom. The predicted molar refractivity (Wildman–Crippen MR) is 144 cm³/mol. The third kappa shape index (κ3) is 5.62. The van der Waals surface area contributed by atoms with Crippen LogP contribution < -0.4 is 18.9 Å². The van der Waals surface area contributed by atoms with Gasteiger partial charge in [-0.2, -0.15) is 0 Å². The number of halogens is 3. The van der Waals surface area contributed by atoms with Crippen molar-refractivity contribution < 1.29 is 28.5 Å².